The third kappa shape index (κ3) is 5.98. The number of alkyl halides is 3. The van der Waals surface area contributed by atoms with E-state index in [0.29, 0.717) is 12.1 Å². The summed E-state index contributed by atoms with van der Waals surface area (Å²) >= 11 is -0.197. The third-order valence-electron chi connectivity index (χ3n) is 3.87. The van der Waals surface area contributed by atoms with E-state index in [9.17, 15) is 18.0 Å². The molecule has 0 fully saturated rings. The van der Waals surface area contributed by atoms with Gasteiger partial charge in [-0.15, -0.1) is 0 Å². The van der Waals surface area contributed by atoms with Crippen LogP contribution in [0.3, 0.4) is 0 Å². The van der Waals surface area contributed by atoms with Crippen molar-refractivity contribution in [3.63, 3.8) is 0 Å². The van der Waals surface area contributed by atoms with Gasteiger partial charge in [0, 0.05) is 35.8 Å². The molecular weight excluding hydrogens is 361 g/mol. The topological polar surface area (TPSA) is 32.3 Å². The molecule has 0 aliphatic carbocycles. The number of amides is 1. The van der Waals surface area contributed by atoms with Crippen LogP contribution in [0.2, 0.25) is 0 Å². The van der Waals surface area contributed by atoms with Crippen molar-refractivity contribution in [3.05, 3.63) is 59.7 Å². The smallest absolute Gasteiger partial charge is 0.372 e. The molecule has 0 radical (unpaired) electrons. The van der Waals surface area contributed by atoms with Gasteiger partial charge in [0.15, 0.2) is 0 Å². The van der Waals surface area contributed by atoms with Crippen LogP contribution in [0.25, 0.3) is 0 Å². The lowest BCUT2D eigenvalue weighted by molar-refractivity contribution is -0.0328. The normalized spacial score (nSPS) is 11.3. The number of nitrogens with one attached hydrogen (secondary N) is 1. The largest absolute Gasteiger partial charge is 0.446 e. The van der Waals surface area contributed by atoms with Crippen LogP contribution in [-0.4, -0.2) is 24.5 Å². The summed E-state index contributed by atoms with van der Waals surface area (Å²) in [5.41, 5.74) is -1.92. The number of halogens is 3. The first kappa shape index (κ1) is 20.2. The Bertz CT molecular complexity index is 711. The molecule has 0 unspecified atom stereocenters. The van der Waals surface area contributed by atoms with Gasteiger partial charge in [-0.25, -0.2) is 0 Å². The van der Waals surface area contributed by atoms with E-state index in [0.717, 1.165) is 24.3 Å². The zero-order chi connectivity index (χ0) is 19.2. The second kappa shape index (κ2) is 8.98. The van der Waals surface area contributed by atoms with Gasteiger partial charge in [0.1, 0.15) is 0 Å². The van der Waals surface area contributed by atoms with Crippen molar-refractivity contribution in [2.24, 2.45) is 0 Å². The van der Waals surface area contributed by atoms with Gasteiger partial charge >= 0.3 is 5.51 Å². The standard InChI is InChI=1S/C19H21F3N2OS/c1-3-24(4-2)16-9-5-14(6-10-16)13-23-18(25)15-7-11-17(12-8-15)26-19(20,21)22/h5-12H,3-4,13H2,1-2H3,(H,23,25). The number of carbonyl (C=O) groups excluding carboxylic acids is 1. The SMILES string of the molecule is CCN(CC)c1ccc(CNC(=O)c2ccc(SC(F)(F)F)cc2)cc1. The number of hydrogen-bond acceptors (Lipinski definition) is 3. The van der Waals surface area contributed by atoms with Gasteiger partial charge in [-0.05, 0) is 67.6 Å². The van der Waals surface area contributed by atoms with Crippen LogP contribution in [0.5, 0.6) is 0 Å². The summed E-state index contributed by atoms with van der Waals surface area (Å²) < 4.78 is 36.9. The van der Waals surface area contributed by atoms with Gasteiger partial charge in [0.25, 0.3) is 5.91 Å². The fourth-order valence-corrected chi connectivity index (χ4v) is 3.05. The first-order valence-electron chi connectivity index (χ1n) is 8.30. The van der Waals surface area contributed by atoms with Crippen LogP contribution in [0, 0.1) is 0 Å². The molecule has 0 aromatic heterocycles. The highest BCUT2D eigenvalue weighted by Gasteiger charge is 2.29. The van der Waals surface area contributed by atoms with Crippen LogP contribution in [0.4, 0.5) is 18.9 Å². The number of anilines is 1. The minimum absolute atomic E-state index is 0.0565. The maximum Gasteiger partial charge on any atom is 0.446 e. The van der Waals surface area contributed by atoms with E-state index in [1.807, 2.05) is 24.3 Å². The molecule has 0 aliphatic heterocycles. The fourth-order valence-electron chi connectivity index (χ4n) is 2.51. The van der Waals surface area contributed by atoms with Crippen LogP contribution in [0.1, 0.15) is 29.8 Å². The summed E-state index contributed by atoms with van der Waals surface area (Å²) in [6, 6.07) is 13.3. The predicted octanol–water partition coefficient (Wildman–Crippen LogP) is 5.07. The molecule has 2 rings (SSSR count). The van der Waals surface area contributed by atoms with Crippen molar-refractivity contribution in [1.29, 1.82) is 0 Å². The van der Waals surface area contributed by atoms with Crippen LogP contribution in [-0.2, 0) is 6.54 Å². The molecule has 0 saturated carbocycles. The van der Waals surface area contributed by atoms with Gasteiger partial charge in [0.2, 0.25) is 0 Å². The minimum atomic E-state index is -4.33. The molecule has 2 aromatic rings. The summed E-state index contributed by atoms with van der Waals surface area (Å²) in [4.78, 5) is 14.4. The summed E-state index contributed by atoms with van der Waals surface area (Å²) in [6.45, 7) is 6.40. The summed E-state index contributed by atoms with van der Waals surface area (Å²) in [7, 11) is 0. The second-order valence-corrected chi connectivity index (χ2v) is 6.73. The molecule has 0 atom stereocenters. The Morgan fingerprint density at radius 2 is 1.58 bits per heavy atom. The van der Waals surface area contributed by atoms with Gasteiger partial charge in [0.05, 0.1) is 0 Å². The van der Waals surface area contributed by atoms with Crippen molar-refractivity contribution < 1.29 is 18.0 Å². The number of benzene rings is 2. The van der Waals surface area contributed by atoms with Crippen LogP contribution >= 0.6 is 11.8 Å². The average molecular weight is 382 g/mol. The second-order valence-electron chi connectivity index (χ2n) is 5.59. The lowest BCUT2D eigenvalue weighted by Gasteiger charge is -2.21. The molecule has 0 spiro atoms. The molecule has 7 heteroatoms. The monoisotopic (exact) mass is 382 g/mol. The molecule has 2 aromatic carbocycles. The number of rotatable bonds is 7. The predicted molar refractivity (Wildman–Crippen MR) is 99.5 cm³/mol. The Hall–Kier alpha value is -2.15. The van der Waals surface area contributed by atoms with Gasteiger partial charge in [-0.3, -0.25) is 4.79 Å². The van der Waals surface area contributed by atoms with Gasteiger partial charge in [-0.1, -0.05) is 12.1 Å². The van der Waals surface area contributed by atoms with E-state index < -0.39 is 5.51 Å². The lowest BCUT2D eigenvalue weighted by Crippen LogP contribution is -2.23. The van der Waals surface area contributed by atoms with E-state index in [-0.39, 0.29) is 22.6 Å². The highest BCUT2D eigenvalue weighted by Crippen LogP contribution is 2.36. The van der Waals surface area contributed by atoms with Crippen LogP contribution in [0.15, 0.2) is 53.4 Å². The number of nitrogens with zero attached hydrogens (tertiary/aromatic N) is 1. The summed E-state index contributed by atoms with van der Waals surface area (Å²) in [5, 5.41) is 2.78. The zero-order valence-electron chi connectivity index (χ0n) is 14.6. The zero-order valence-corrected chi connectivity index (χ0v) is 15.5. The molecule has 0 saturated heterocycles. The molecule has 0 bridgehead atoms. The van der Waals surface area contributed by atoms with Crippen molar-refractivity contribution in [3.8, 4) is 0 Å². The van der Waals surface area contributed by atoms with Crippen molar-refractivity contribution >= 4 is 23.4 Å². The highest BCUT2D eigenvalue weighted by atomic mass is 32.2. The molecule has 3 nitrogen and oxygen atoms in total. The fraction of sp³-hybridized carbons (Fsp3) is 0.316. The van der Waals surface area contributed by atoms with E-state index >= 15 is 0 Å². The Kier molecular flexibility index (Phi) is 6.97. The molecule has 26 heavy (non-hydrogen) atoms. The van der Waals surface area contributed by atoms with Crippen LogP contribution < -0.4 is 10.2 Å². The quantitative estimate of drug-likeness (QED) is 0.678. The maximum atomic E-state index is 12.3. The Morgan fingerprint density at radius 1 is 1.00 bits per heavy atom. The van der Waals surface area contributed by atoms with E-state index in [2.05, 4.69) is 24.1 Å². The van der Waals surface area contributed by atoms with E-state index in [1.54, 1.807) is 0 Å². The number of hydrogen-bond donors (Lipinski definition) is 1. The summed E-state index contributed by atoms with van der Waals surface area (Å²) in [5.74, 6) is -0.318. The summed E-state index contributed by atoms with van der Waals surface area (Å²) in [6.07, 6.45) is 0. The number of carbonyl (C=O) groups is 1. The minimum Gasteiger partial charge on any atom is -0.372 e. The average Bonchev–Trinajstić information content (AvgIpc) is 2.61. The first-order valence-corrected chi connectivity index (χ1v) is 9.12. The van der Waals surface area contributed by atoms with E-state index in [4.69, 9.17) is 0 Å². The van der Waals surface area contributed by atoms with Crippen molar-refractivity contribution in [2.45, 2.75) is 30.8 Å². The third-order valence-corrected chi connectivity index (χ3v) is 4.61. The molecule has 1 amide bonds. The van der Waals surface area contributed by atoms with Crippen molar-refractivity contribution in [1.82, 2.24) is 5.32 Å². The maximum absolute atomic E-state index is 12.3. The molecule has 140 valence electrons. The molecule has 0 aliphatic rings. The molecule has 1 N–H and O–H groups in total. The van der Waals surface area contributed by atoms with Gasteiger partial charge < -0.3 is 10.2 Å². The lowest BCUT2D eigenvalue weighted by atomic mass is 10.1. The molecule has 0 heterocycles. The van der Waals surface area contributed by atoms with Gasteiger partial charge in [-0.2, -0.15) is 13.2 Å². The highest BCUT2D eigenvalue weighted by molar-refractivity contribution is 8.00. The Morgan fingerprint density at radius 3 is 2.08 bits per heavy atom. The molecular formula is C19H21F3N2OS. The van der Waals surface area contributed by atoms with Crippen molar-refractivity contribution in [2.75, 3.05) is 18.0 Å². The Labute approximate surface area is 155 Å². The van der Waals surface area contributed by atoms with E-state index in [1.165, 1.54) is 24.3 Å². The number of thioether (sulfide) groups is 1. The Balaban J connectivity index is 1.92. The first-order chi connectivity index (χ1) is 12.3.